The highest BCUT2D eigenvalue weighted by Gasteiger charge is 2.42. The second kappa shape index (κ2) is 7.76. The van der Waals surface area contributed by atoms with Gasteiger partial charge < -0.3 is 19.4 Å². The summed E-state index contributed by atoms with van der Waals surface area (Å²) in [4.78, 5) is 28.8. The molecule has 12 nitrogen and oxygen atoms in total. The number of hydrogen-bond donors (Lipinski definition) is 3. The van der Waals surface area contributed by atoms with Crippen molar-refractivity contribution in [1.29, 1.82) is 0 Å². The van der Waals surface area contributed by atoms with Crippen molar-refractivity contribution in [2.24, 2.45) is 5.11 Å². The first-order chi connectivity index (χ1) is 10.0. The van der Waals surface area contributed by atoms with Crippen molar-refractivity contribution >= 4 is 23.4 Å². The molecule has 21 heavy (non-hydrogen) atoms. The molecule has 0 spiro atoms. The van der Waals surface area contributed by atoms with E-state index in [0.29, 0.717) is 0 Å². The average Bonchev–Trinajstić information content (AvgIpc) is 2.63. The highest BCUT2D eigenvalue weighted by Crippen LogP contribution is 2.60. The van der Waals surface area contributed by atoms with E-state index < -0.39 is 54.7 Å². The molecule has 15 heteroatoms. The predicted octanol–water partition coefficient (Wildman–Crippen LogP) is 1.47. The van der Waals surface area contributed by atoms with E-state index in [1.54, 1.807) is 0 Å². The third-order valence-corrected chi connectivity index (χ3v) is 6.96. The van der Waals surface area contributed by atoms with Crippen LogP contribution in [0, 0.1) is 0 Å². The first-order valence-electron chi connectivity index (χ1n) is 5.88. The summed E-state index contributed by atoms with van der Waals surface area (Å²) in [6.07, 6.45) is -0.785. The van der Waals surface area contributed by atoms with Gasteiger partial charge in [0.25, 0.3) is 0 Å². The van der Waals surface area contributed by atoms with Crippen molar-refractivity contribution in [2.45, 2.75) is 18.6 Å². The van der Waals surface area contributed by atoms with Crippen LogP contribution in [0.3, 0.4) is 0 Å². The molecule has 3 N–H and O–H groups in total. The minimum atomic E-state index is -4.84. The Balaban J connectivity index is 2.51. The standard InChI is InChI=1S/C6H12N3O9P3/c7-9-8-5-1-2-16-6(5)3-17-19(10)18-21(14,15)4-20(11,12)13/h5-6H,1-4H2,(H2-,11,12,13,14,15)/p+1/t5-,6-/m1/s1/i2T/t2-,5+,6+/m0. The molecule has 2 unspecified atom stereocenters. The number of rotatable bonds is 8. The van der Waals surface area contributed by atoms with Crippen molar-refractivity contribution in [2.75, 3.05) is 19.1 Å². The largest absolute Gasteiger partial charge is 0.706 e. The third kappa shape index (κ3) is 7.44. The molecule has 0 aliphatic carbocycles. The van der Waals surface area contributed by atoms with E-state index in [2.05, 4.69) is 18.9 Å². The van der Waals surface area contributed by atoms with Crippen LogP contribution in [-0.4, -0.2) is 45.9 Å². The molecule has 0 aromatic rings. The molecule has 5 atom stereocenters. The lowest BCUT2D eigenvalue weighted by molar-refractivity contribution is 0.0607. The van der Waals surface area contributed by atoms with Crippen LogP contribution in [0.15, 0.2) is 5.11 Å². The van der Waals surface area contributed by atoms with Crippen LogP contribution in [0.25, 0.3) is 10.4 Å². The highest BCUT2D eigenvalue weighted by atomic mass is 31.3. The predicted molar refractivity (Wildman–Crippen MR) is 68.7 cm³/mol. The molecule has 0 aromatic carbocycles. The van der Waals surface area contributed by atoms with Crippen LogP contribution in [0.1, 0.15) is 7.79 Å². The smallest absolute Gasteiger partial charge is 0.375 e. The van der Waals surface area contributed by atoms with Gasteiger partial charge in [-0.3, -0.25) is 9.13 Å². The van der Waals surface area contributed by atoms with Gasteiger partial charge in [-0.1, -0.05) is 5.11 Å². The van der Waals surface area contributed by atoms with E-state index in [1.807, 2.05) is 0 Å². The summed E-state index contributed by atoms with van der Waals surface area (Å²) in [6.45, 7) is -1.41. The summed E-state index contributed by atoms with van der Waals surface area (Å²) in [5, 5.41) is 3.37. The quantitative estimate of drug-likeness (QED) is 0.247. The van der Waals surface area contributed by atoms with Crippen LogP contribution in [0.2, 0.25) is 0 Å². The third-order valence-electron chi connectivity index (χ3n) is 2.14. The lowest BCUT2D eigenvalue weighted by Crippen LogP contribution is -2.23. The molecule has 1 heterocycles. The van der Waals surface area contributed by atoms with Gasteiger partial charge in [0, 0.05) is 16.1 Å². The zero-order valence-electron chi connectivity index (χ0n) is 11.3. The van der Waals surface area contributed by atoms with E-state index >= 15 is 0 Å². The van der Waals surface area contributed by atoms with Gasteiger partial charge in [-0.05, 0) is 16.3 Å². The fourth-order valence-corrected chi connectivity index (χ4v) is 5.20. The van der Waals surface area contributed by atoms with Gasteiger partial charge in [0.1, 0.15) is 6.61 Å². The van der Waals surface area contributed by atoms with E-state index in [9.17, 15) is 13.7 Å². The lowest BCUT2D eigenvalue weighted by Gasteiger charge is -2.10. The van der Waals surface area contributed by atoms with Gasteiger partial charge in [-0.15, -0.1) is 4.52 Å². The summed E-state index contributed by atoms with van der Waals surface area (Å²) in [5.74, 6) is -1.50. The minimum absolute atomic E-state index is 0.104. The second-order valence-electron chi connectivity index (χ2n) is 3.89. The van der Waals surface area contributed by atoms with E-state index in [-0.39, 0.29) is 6.42 Å². The molecule has 120 valence electrons. The number of hydrogen-bond acceptors (Lipinski definition) is 7. The van der Waals surface area contributed by atoms with E-state index in [1.165, 1.54) is 0 Å². The molecule has 0 radical (unpaired) electrons. The lowest BCUT2D eigenvalue weighted by atomic mass is 10.2. The normalized spacial score (nSPS) is 30.1. The Kier molecular flexibility index (Phi) is 6.28. The Morgan fingerprint density at radius 1 is 1.52 bits per heavy atom. The molecule has 0 aromatic heterocycles. The average molecular weight is 366 g/mol. The Morgan fingerprint density at radius 2 is 2.19 bits per heavy atom. The van der Waals surface area contributed by atoms with Crippen molar-refractivity contribution in [3.63, 3.8) is 0 Å². The Bertz CT molecular complexity index is 563. The maximum Gasteiger partial charge on any atom is 0.706 e. The van der Waals surface area contributed by atoms with Crippen LogP contribution < -0.4 is 0 Å². The molecule has 1 fully saturated rings. The summed E-state index contributed by atoms with van der Waals surface area (Å²) < 4.78 is 54.4. The molecule has 0 bridgehead atoms. The molecular weight excluding hydrogens is 351 g/mol. The molecule has 1 saturated heterocycles. The maximum absolute atomic E-state index is 11.4. The van der Waals surface area contributed by atoms with Crippen LogP contribution in [0.5, 0.6) is 0 Å². The summed E-state index contributed by atoms with van der Waals surface area (Å²) in [5.41, 5.74) is 8.34. The molecular formula is C6H13N3O9P3+. The van der Waals surface area contributed by atoms with Gasteiger partial charge in [0.15, 0.2) is 5.90 Å². The van der Waals surface area contributed by atoms with Crippen LogP contribution >= 0.6 is 23.4 Å². The van der Waals surface area contributed by atoms with Gasteiger partial charge in [-0.25, -0.2) is 0 Å². The van der Waals surface area contributed by atoms with Gasteiger partial charge in [0.2, 0.25) is 0 Å². The van der Waals surface area contributed by atoms with Crippen LogP contribution in [-0.2, 0) is 27.3 Å². The fraction of sp³-hybridized carbons (Fsp3) is 1.00. The van der Waals surface area contributed by atoms with Crippen molar-refractivity contribution in [3.05, 3.63) is 10.4 Å². The second-order valence-corrected chi connectivity index (χ2v) is 8.99. The first kappa shape index (κ1) is 17.0. The molecule has 1 rings (SSSR count). The summed E-state index contributed by atoms with van der Waals surface area (Å²) in [7, 11) is -12.8. The fourth-order valence-electron chi connectivity index (χ4n) is 1.38. The summed E-state index contributed by atoms with van der Waals surface area (Å²) >= 11 is 0. The molecule has 1 aliphatic heterocycles. The zero-order valence-corrected chi connectivity index (χ0v) is 13.0. The Labute approximate surface area is 121 Å². The number of azide groups is 1. The maximum atomic E-state index is 11.4. The van der Waals surface area contributed by atoms with Crippen molar-refractivity contribution in [3.8, 4) is 0 Å². The van der Waals surface area contributed by atoms with Gasteiger partial charge in [-0.2, -0.15) is 0 Å². The molecule has 0 saturated carbocycles. The monoisotopic (exact) mass is 366 g/mol. The Morgan fingerprint density at radius 3 is 2.76 bits per heavy atom. The zero-order chi connectivity index (χ0) is 17.0. The first-order valence-corrected chi connectivity index (χ1v) is 9.96. The number of ether oxygens (including phenoxy) is 1. The van der Waals surface area contributed by atoms with Crippen LogP contribution in [0.4, 0.5) is 0 Å². The van der Waals surface area contributed by atoms with E-state index in [4.69, 9.17) is 26.3 Å². The van der Waals surface area contributed by atoms with Crippen molar-refractivity contribution < 1.29 is 43.3 Å². The molecule has 1 aliphatic rings. The highest BCUT2D eigenvalue weighted by molar-refractivity contribution is 7.72. The SMILES string of the molecule is [3H][C@H]1C[C@@H](N=[N+]=[N-])[C@@H](CO[P+](=O)OP(=O)(O)CP(=O)(O)O)O1. The molecule has 0 amide bonds. The van der Waals surface area contributed by atoms with Crippen molar-refractivity contribution in [1.82, 2.24) is 0 Å². The van der Waals surface area contributed by atoms with Gasteiger partial charge in [0.05, 0.1) is 13.5 Å². The topological polar surface area (TPSA) is 188 Å². The summed E-state index contributed by atoms with van der Waals surface area (Å²) in [6, 6.07) is -0.730. The Hall–Kier alpha value is -0.370. The minimum Gasteiger partial charge on any atom is -0.375 e. The van der Waals surface area contributed by atoms with Gasteiger partial charge >= 0.3 is 23.4 Å². The van der Waals surface area contributed by atoms with E-state index in [0.717, 1.165) is 0 Å². The number of nitrogens with zero attached hydrogens (tertiary/aromatic N) is 3.